The van der Waals surface area contributed by atoms with Crippen LogP contribution in [0.25, 0.3) is 0 Å². The van der Waals surface area contributed by atoms with Crippen LogP contribution in [0.4, 0.5) is 0 Å². The fourth-order valence-corrected chi connectivity index (χ4v) is 1.85. The van der Waals surface area contributed by atoms with Gasteiger partial charge in [0.15, 0.2) is 0 Å². The molecule has 2 N–H and O–H groups in total. The lowest BCUT2D eigenvalue weighted by Gasteiger charge is -2.00. The molecule has 1 rings (SSSR count). The van der Waals surface area contributed by atoms with Gasteiger partial charge in [0.25, 0.3) is 0 Å². The lowest BCUT2D eigenvalue weighted by Crippen LogP contribution is -2.04. The fourth-order valence-electron chi connectivity index (χ4n) is 1.10. The first-order valence-electron chi connectivity index (χ1n) is 3.99. The van der Waals surface area contributed by atoms with Gasteiger partial charge in [-0.3, -0.25) is 0 Å². The lowest BCUT2D eigenvalue weighted by molar-refractivity contribution is 0.781. The maximum atomic E-state index is 5.53. The molecule has 1 aromatic rings. The molecule has 0 aliphatic heterocycles. The average molecular weight is 232 g/mol. The van der Waals surface area contributed by atoms with Crippen LogP contribution in [0.5, 0.6) is 0 Å². The van der Waals surface area contributed by atoms with Crippen molar-refractivity contribution in [2.75, 3.05) is 0 Å². The average Bonchev–Trinajstić information content (AvgIpc) is 2.30. The maximum absolute atomic E-state index is 5.53. The van der Waals surface area contributed by atoms with Gasteiger partial charge in [0.2, 0.25) is 0 Å². The Bertz CT molecular complexity index is 278. The highest BCUT2D eigenvalue weighted by Gasteiger charge is 2.13. The number of rotatable bonds is 2. The molecule has 0 aliphatic carbocycles. The highest BCUT2D eigenvalue weighted by molar-refractivity contribution is 9.10. The monoisotopic (exact) mass is 231 g/mol. The molecule has 0 amide bonds. The van der Waals surface area contributed by atoms with Crippen LogP contribution < -0.4 is 5.73 Å². The van der Waals surface area contributed by atoms with Gasteiger partial charge in [0.05, 0.1) is 12.2 Å². The smallest absolute Gasteiger partial charge is 0.123 e. The molecular weight excluding hydrogens is 218 g/mol. The predicted molar refractivity (Wildman–Crippen MR) is 52.9 cm³/mol. The molecule has 0 radical (unpaired) electrons. The molecule has 4 heteroatoms. The molecule has 0 spiro atoms. The molecule has 0 saturated heterocycles. The zero-order valence-electron chi connectivity index (χ0n) is 7.63. The molecule has 0 bridgehead atoms. The van der Waals surface area contributed by atoms with E-state index in [9.17, 15) is 0 Å². The molecule has 0 saturated carbocycles. The summed E-state index contributed by atoms with van der Waals surface area (Å²) in [4.78, 5) is 4.42. The van der Waals surface area contributed by atoms with E-state index in [4.69, 9.17) is 5.73 Å². The van der Waals surface area contributed by atoms with Gasteiger partial charge in [-0.25, -0.2) is 4.98 Å². The van der Waals surface area contributed by atoms with Crippen molar-refractivity contribution in [1.29, 1.82) is 0 Å². The molecule has 0 aromatic carbocycles. The molecule has 12 heavy (non-hydrogen) atoms. The molecule has 0 atom stereocenters. The predicted octanol–water partition coefficient (Wildman–Crippen LogP) is 1.76. The van der Waals surface area contributed by atoms with E-state index in [1.165, 1.54) is 0 Å². The molecular formula is C8H14BrN3. The number of aromatic nitrogens is 2. The summed E-state index contributed by atoms with van der Waals surface area (Å²) >= 11 is 3.49. The third-order valence-electron chi connectivity index (χ3n) is 1.87. The Morgan fingerprint density at radius 2 is 2.17 bits per heavy atom. The summed E-state index contributed by atoms with van der Waals surface area (Å²) < 4.78 is 3.02. The highest BCUT2D eigenvalue weighted by Crippen LogP contribution is 2.24. The van der Waals surface area contributed by atoms with Gasteiger partial charge in [0, 0.05) is 7.05 Å². The molecule has 3 nitrogen and oxygen atoms in total. The minimum absolute atomic E-state index is 0.436. The van der Waals surface area contributed by atoms with Gasteiger partial charge >= 0.3 is 0 Å². The van der Waals surface area contributed by atoms with Gasteiger partial charge in [-0.15, -0.1) is 0 Å². The van der Waals surface area contributed by atoms with Crippen LogP contribution in [0, 0.1) is 0 Å². The van der Waals surface area contributed by atoms with E-state index in [-0.39, 0.29) is 0 Å². The second-order valence-electron chi connectivity index (χ2n) is 3.12. The van der Waals surface area contributed by atoms with E-state index in [1.54, 1.807) is 0 Å². The SMILES string of the molecule is CC(C)c1nc(CN)n(C)c1Br. The Morgan fingerprint density at radius 3 is 2.42 bits per heavy atom. The Kier molecular flexibility index (Phi) is 2.90. The van der Waals surface area contributed by atoms with Crippen LogP contribution in [0.3, 0.4) is 0 Å². The minimum atomic E-state index is 0.436. The molecule has 0 fully saturated rings. The van der Waals surface area contributed by atoms with Gasteiger partial charge in [-0.05, 0) is 21.8 Å². The first kappa shape index (κ1) is 9.74. The number of hydrogen-bond donors (Lipinski definition) is 1. The summed E-state index contributed by atoms with van der Waals surface area (Å²) in [7, 11) is 1.96. The second kappa shape index (κ2) is 3.58. The van der Waals surface area contributed by atoms with E-state index >= 15 is 0 Å². The molecule has 0 unspecified atom stereocenters. The van der Waals surface area contributed by atoms with E-state index in [0.717, 1.165) is 16.1 Å². The summed E-state index contributed by atoms with van der Waals surface area (Å²) in [6, 6.07) is 0. The molecule has 1 aromatic heterocycles. The summed E-state index contributed by atoms with van der Waals surface area (Å²) in [6.45, 7) is 4.72. The normalized spacial score (nSPS) is 11.2. The summed E-state index contributed by atoms with van der Waals surface area (Å²) in [5, 5.41) is 0. The number of nitrogens with two attached hydrogens (primary N) is 1. The van der Waals surface area contributed by atoms with Crippen LogP contribution >= 0.6 is 15.9 Å². The van der Waals surface area contributed by atoms with Gasteiger partial charge in [0.1, 0.15) is 10.4 Å². The van der Waals surface area contributed by atoms with Crippen molar-refractivity contribution < 1.29 is 0 Å². The van der Waals surface area contributed by atoms with Gasteiger partial charge in [-0.1, -0.05) is 13.8 Å². The zero-order valence-corrected chi connectivity index (χ0v) is 9.22. The largest absolute Gasteiger partial charge is 0.325 e. The van der Waals surface area contributed by atoms with Crippen LogP contribution in [0.1, 0.15) is 31.3 Å². The van der Waals surface area contributed by atoms with Crippen LogP contribution in [0.15, 0.2) is 4.60 Å². The number of imidazole rings is 1. The Labute approximate surface area is 81.1 Å². The first-order valence-corrected chi connectivity index (χ1v) is 4.78. The van der Waals surface area contributed by atoms with Crippen molar-refractivity contribution in [1.82, 2.24) is 9.55 Å². The molecule has 0 aliphatic rings. The fraction of sp³-hybridized carbons (Fsp3) is 0.625. The van der Waals surface area contributed by atoms with E-state index in [1.807, 2.05) is 11.6 Å². The van der Waals surface area contributed by atoms with Crippen molar-refractivity contribution in [2.24, 2.45) is 12.8 Å². The summed E-state index contributed by atoms with van der Waals surface area (Å²) in [5.74, 6) is 1.36. The Balaban J connectivity index is 3.16. The summed E-state index contributed by atoms with van der Waals surface area (Å²) in [6.07, 6.45) is 0. The minimum Gasteiger partial charge on any atom is -0.325 e. The Morgan fingerprint density at radius 1 is 1.58 bits per heavy atom. The van der Waals surface area contributed by atoms with Crippen molar-refractivity contribution in [3.63, 3.8) is 0 Å². The molecule has 68 valence electrons. The zero-order chi connectivity index (χ0) is 9.30. The number of halogens is 1. The summed E-state index contributed by atoms with van der Waals surface area (Å²) in [5.41, 5.74) is 6.61. The van der Waals surface area contributed by atoms with Crippen LogP contribution in [0.2, 0.25) is 0 Å². The van der Waals surface area contributed by atoms with Crippen molar-refractivity contribution >= 4 is 15.9 Å². The first-order chi connectivity index (χ1) is 5.57. The number of nitrogens with zero attached hydrogens (tertiary/aromatic N) is 2. The third kappa shape index (κ3) is 1.54. The number of hydrogen-bond acceptors (Lipinski definition) is 2. The second-order valence-corrected chi connectivity index (χ2v) is 3.87. The van der Waals surface area contributed by atoms with Crippen LogP contribution in [-0.2, 0) is 13.6 Å². The Hall–Kier alpha value is -0.350. The lowest BCUT2D eigenvalue weighted by atomic mass is 10.2. The van der Waals surface area contributed by atoms with Crippen molar-refractivity contribution in [3.05, 3.63) is 16.1 Å². The van der Waals surface area contributed by atoms with Crippen molar-refractivity contribution in [3.8, 4) is 0 Å². The highest BCUT2D eigenvalue weighted by atomic mass is 79.9. The van der Waals surface area contributed by atoms with Gasteiger partial charge < -0.3 is 10.3 Å². The van der Waals surface area contributed by atoms with Crippen molar-refractivity contribution in [2.45, 2.75) is 26.3 Å². The van der Waals surface area contributed by atoms with Gasteiger partial charge in [-0.2, -0.15) is 0 Å². The van der Waals surface area contributed by atoms with E-state index in [2.05, 4.69) is 34.8 Å². The standard InChI is InChI=1S/C8H14BrN3/c1-5(2)7-8(9)12(3)6(4-10)11-7/h5H,4,10H2,1-3H3. The van der Waals surface area contributed by atoms with Crippen LogP contribution in [-0.4, -0.2) is 9.55 Å². The van der Waals surface area contributed by atoms with E-state index in [0.29, 0.717) is 12.5 Å². The molecule has 1 heterocycles. The third-order valence-corrected chi connectivity index (χ3v) is 2.81. The maximum Gasteiger partial charge on any atom is 0.123 e. The topological polar surface area (TPSA) is 43.8 Å². The quantitative estimate of drug-likeness (QED) is 0.844. The van der Waals surface area contributed by atoms with E-state index < -0.39 is 0 Å².